The Labute approximate surface area is 139 Å². The second-order valence-electron chi connectivity index (χ2n) is 6.73. The van der Waals surface area contributed by atoms with E-state index in [1.807, 2.05) is 18.7 Å². The normalized spacial score (nSPS) is 21.8. The van der Waals surface area contributed by atoms with Gasteiger partial charge in [0, 0.05) is 19.6 Å². The number of thiophene rings is 1. The molecular formula is C17H23N3O2S. The lowest BCUT2D eigenvalue weighted by atomic mass is 9.92. The second kappa shape index (κ2) is 6.07. The fraction of sp³-hybridized carbons (Fsp3) is 0.588. The average Bonchev–Trinajstić information content (AvgIpc) is 2.83. The largest absolute Gasteiger partial charge is 0.337 e. The number of likely N-dealkylation sites (tertiary alicyclic amines) is 1. The zero-order valence-electron chi connectivity index (χ0n) is 14.1. The van der Waals surface area contributed by atoms with Gasteiger partial charge in [-0.1, -0.05) is 13.8 Å². The summed E-state index contributed by atoms with van der Waals surface area (Å²) in [5.41, 5.74) is 0.729. The number of amides is 1. The number of carbonyl (C=O) groups is 1. The average molecular weight is 333 g/mol. The molecule has 0 radical (unpaired) electrons. The highest BCUT2D eigenvalue weighted by atomic mass is 32.1. The molecule has 0 bridgehead atoms. The first-order valence-corrected chi connectivity index (χ1v) is 9.01. The van der Waals surface area contributed by atoms with Crippen molar-refractivity contribution in [2.75, 3.05) is 13.1 Å². The van der Waals surface area contributed by atoms with Gasteiger partial charge in [-0.05, 0) is 37.7 Å². The summed E-state index contributed by atoms with van der Waals surface area (Å²) in [6, 6.07) is 0. The molecular weight excluding hydrogens is 310 g/mol. The minimum absolute atomic E-state index is 0.0475. The van der Waals surface area contributed by atoms with Crippen LogP contribution in [0.3, 0.4) is 0 Å². The van der Waals surface area contributed by atoms with Crippen LogP contribution in [-0.4, -0.2) is 33.4 Å². The van der Waals surface area contributed by atoms with Crippen LogP contribution in [-0.2, 0) is 6.54 Å². The van der Waals surface area contributed by atoms with Gasteiger partial charge in [-0.25, -0.2) is 4.98 Å². The Kier molecular flexibility index (Phi) is 4.27. The lowest BCUT2D eigenvalue weighted by Crippen LogP contribution is -2.42. The van der Waals surface area contributed by atoms with Crippen molar-refractivity contribution in [2.24, 2.45) is 11.8 Å². The molecule has 0 N–H and O–H groups in total. The molecule has 2 aromatic heterocycles. The standard InChI is InChI=1S/C17H23N3O2S/c1-5-19-9-18-15-13(16(19)21)12(4)14(23-15)17(22)20-7-10(2)6-11(3)8-20/h9-11H,5-8H2,1-4H3. The summed E-state index contributed by atoms with van der Waals surface area (Å²) in [6.45, 7) is 10.3. The van der Waals surface area contributed by atoms with E-state index in [4.69, 9.17) is 0 Å². The van der Waals surface area contributed by atoms with Crippen molar-refractivity contribution in [1.82, 2.24) is 14.5 Å². The number of aryl methyl sites for hydroxylation is 2. The van der Waals surface area contributed by atoms with E-state index in [2.05, 4.69) is 18.8 Å². The molecule has 0 aliphatic carbocycles. The molecule has 0 spiro atoms. The molecule has 0 aromatic carbocycles. The molecule has 1 amide bonds. The van der Waals surface area contributed by atoms with E-state index in [1.165, 1.54) is 11.3 Å². The first-order chi connectivity index (χ1) is 10.9. The number of hydrogen-bond acceptors (Lipinski definition) is 4. The zero-order chi connectivity index (χ0) is 16.7. The fourth-order valence-electron chi connectivity index (χ4n) is 3.56. The highest BCUT2D eigenvalue weighted by Gasteiger charge is 2.29. The number of aromatic nitrogens is 2. The van der Waals surface area contributed by atoms with Gasteiger partial charge in [0.15, 0.2) is 0 Å². The van der Waals surface area contributed by atoms with E-state index in [-0.39, 0.29) is 11.5 Å². The number of fused-ring (bicyclic) bond motifs is 1. The molecule has 1 fully saturated rings. The summed E-state index contributed by atoms with van der Waals surface area (Å²) in [5, 5.41) is 0.598. The summed E-state index contributed by atoms with van der Waals surface area (Å²) >= 11 is 1.35. The number of hydrogen-bond donors (Lipinski definition) is 0. The molecule has 2 atom stereocenters. The Balaban J connectivity index is 2.03. The third kappa shape index (κ3) is 2.80. The Morgan fingerprint density at radius 3 is 2.61 bits per heavy atom. The first kappa shape index (κ1) is 16.2. The minimum atomic E-state index is -0.0503. The van der Waals surface area contributed by atoms with Crippen LogP contribution in [0.4, 0.5) is 0 Å². The lowest BCUT2D eigenvalue weighted by Gasteiger charge is -2.34. The fourth-order valence-corrected chi connectivity index (χ4v) is 4.67. The van der Waals surface area contributed by atoms with Crippen LogP contribution < -0.4 is 5.56 Å². The Hall–Kier alpha value is -1.69. The van der Waals surface area contributed by atoms with Crippen molar-refractivity contribution in [3.05, 3.63) is 27.1 Å². The van der Waals surface area contributed by atoms with Gasteiger partial charge in [0.05, 0.1) is 16.6 Å². The maximum absolute atomic E-state index is 12.9. The molecule has 6 heteroatoms. The second-order valence-corrected chi connectivity index (χ2v) is 7.73. The van der Waals surface area contributed by atoms with E-state index >= 15 is 0 Å². The summed E-state index contributed by atoms with van der Waals surface area (Å²) in [4.78, 5) is 33.1. The quantitative estimate of drug-likeness (QED) is 0.849. The lowest BCUT2D eigenvalue weighted by molar-refractivity contribution is 0.0627. The Bertz CT molecular complexity index is 798. The van der Waals surface area contributed by atoms with Crippen LogP contribution in [0.1, 0.15) is 42.4 Å². The van der Waals surface area contributed by atoms with Gasteiger partial charge >= 0.3 is 0 Å². The van der Waals surface area contributed by atoms with Crippen molar-refractivity contribution in [3.8, 4) is 0 Å². The van der Waals surface area contributed by atoms with Gasteiger partial charge in [0.1, 0.15) is 4.83 Å². The van der Waals surface area contributed by atoms with E-state index in [9.17, 15) is 9.59 Å². The number of nitrogens with zero attached hydrogens (tertiary/aromatic N) is 3. The van der Waals surface area contributed by atoms with Crippen LogP contribution >= 0.6 is 11.3 Å². The van der Waals surface area contributed by atoms with Gasteiger partial charge < -0.3 is 4.90 Å². The highest BCUT2D eigenvalue weighted by molar-refractivity contribution is 7.20. The first-order valence-electron chi connectivity index (χ1n) is 8.20. The molecule has 124 valence electrons. The molecule has 1 aliphatic rings. The van der Waals surface area contributed by atoms with E-state index in [0.29, 0.717) is 33.5 Å². The van der Waals surface area contributed by atoms with Crippen LogP contribution in [0.15, 0.2) is 11.1 Å². The van der Waals surface area contributed by atoms with Crippen LogP contribution in [0.25, 0.3) is 10.2 Å². The number of carbonyl (C=O) groups excluding carboxylic acids is 1. The Morgan fingerprint density at radius 1 is 1.35 bits per heavy atom. The van der Waals surface area contributed by atoms with E-state index in [0.717, 1.165) is 25.1 Å². The summed E-state index contributed by atoms with van der Waals surface area (Å²) in [5.74, 6) is 1.09. The molecule has 1 saturated heterocycles. The maximum atomic E-state index is 12.9. The van der Waals surface area contributed by atoms with Crippen LogP contribution in [0, 0.1) is 18.8 Å². The third-order valence-corrected chi connectivity index (χ3v) is 5.80. The van der Waals surface area contributed by atoms with Crippen molar-refractivity contribution in [3.63, 3.8) is 0 Å². The molecule has 23 heavy (non-hydrogen) atoms. The van der Waals surface area contributed by atoms with Gasteiger partial charge in [0.2, 0.25) is 0 Å². The third-order valence-electron chi connectivity index (χ3n) is 4.61. The van der Waals surface area contributed by atoms with Gasteiger partial charge in [-0.2, -0.15) is 0 Å². The van der Waals surface area contributed by atoms with Gasteiger partial charge in [0.25, 0.3) is 11.5 Å². The number of rotatable bonds is 2. The molecule has 5 nitrogen and oxygen atoms in total. The van der Waals surface area contributed by atoms with Crippen molar-refractivity contribution in [2.45, 2.75) is 40.7 Å². The van der Waals surface area contributed by atoms with E-state index < -0.39 is 0 Å². The molecule has 3 rings (SSSR count). The summed E-state index contributed by atoms with van der Waals surface area (Å²) in [6.07, 6.45) is 2.73. The Morgan fingerprint density at radius 2 is 2.00 bits per heavy atom. The van der Waals surface area contributed by atoms with Crippen molar-refractivity contribution < 1.29 is 4.79 Å². The SMILES string of the molecule is CCn1cnc2sc(C(=O)N3CC(C)CC(C)C3)c(C)c2c1=O. The van der Waals surface area contributed by atoms with Crippen LogP contribution in [0.5, 0.6) is 0 Å². The minimum Gasteiger partial charge on any atom is -0.337 e. The molecule has 2 aromatic rings. The molecule has 0 saturated carbocycles. The predicted octanol–water partition coefficient (Wildman–Crippen LogP) is 2.90. The zero-order valence-corrected chi connectivity index (χ0v) is 14.9. The van der Waals surface area contributed by atoms with E-state index in [1.54, 1.807) is 10.9 Å². The van der Waals surface area contributed by atoms with Gasteiger partial charge in [-0.15, -0.1) is 11.3 Å². The molecule has 3 heterocycles. The monoisotopic (exact) mass is 333 g/mol. The predicted molar refractivity (Wildman–Crippen MR) is 93.1 cm³/mol. The summed E-state index contributed by atoms with van der Waals surface area (Å²) < 4.78 is 1.58. The smallest absolute Gasteiger partial charge is 0.264 e. The molecule has 2 unspecified atom stereocenters. The number of piperidine rings is 1. The molecule has 1 aliphatic heterocycles. The highest BCUT2D eigenvalue weighted by Crippen LogP contribution is 2.30. The van der Waals surface area contributed by atoms with Crippen molar-refractivity contribution >= 4 is 27.5 Å². The summed E-state index contributed by atoms with van der Waals surface area (Å²) in [7, 11) is 0. The van der Waals surface area contributed by atoms with Crippen molar-refractivity contribution in [1.29, 1.82) is 0 Å². The topological polar surface area (TPSA) is 55.2 Å². The van der Waals surface area contributed by atoms with Crippen LogP contribution in [0.2, 0.25) is 0 Å². The maximum Gasteiger partial charge on any atom is 0.264 e. The van der Waals surface area contributed by atoms with Gasteiger partial charge in [-0.3, -0.25) is 14.2 Å².